The van der Waals surface area contributed by atoms with E-state index in [0.29, 0.717) is 5.02 Å². The monoisotopic (exact) mass is 341 g/mol. The van der Waals surface area contributed by atoms with E-state index in [1.165, 1.54) is 5.56 Å². The number of rotatable bonds is 2. The topological polar surface area (TPSA) is 36.4 Å². The van der Waals surface area contributed by atoms with Crippen LogP contribution in [-0.4, -0.2) is 30.5 Å². The summed E-state index contributed by atoms with van der Waals surface area (Å²) in [6.07, 6.45) is 4.40. The third-order valence-corrected chi connectivity index (χ3v) is 5.26. The number of fused-ring (bicyclic) bond motifs is 1. The Labute approximate surface area is 147 Å². The van der Waals surface area contributed by atoms with Crippen LogP contribution in [0.2, 0.25) is 5.02 Å². The zero-order valence-electron chi connectivity index (χ0n) is 13.5. The average Bonchev–Trinajstić information content (AvgIpc) is 3.06. The molecule has 5 heteroatoms. The zero-order chi connectivity index (χ0) is 16.5. The second kappa shape index (κ2) is 6.44. The molecule has 4 rings (SSSR count). The molecule has 4 nitrogen and oxygen atoms in total. The summed E-state index contributed by atoms with van der Waals surface area (Å²) in [4.78, 5) is 21.5. The molecule has 0 unspecified atom stereocenters. The first-order valence-electron chi connectivity index (χ1n) is 8.48. The van der Waals surface area contributed by atoms with Gasteiger partial charge in [0.05, 0.1) is 5.02 Å². The number of pyridine rings is 1. The Kier molecular flexibility index (Phi) is 4.15. The summed E-state index contributed by atoms with van der Waals surface area (Å²) < 4.78 is 0. The van der Waals surface area contributed by atoms with Crippen LogP contribution in [0, 0.1) is 5.92 Å². The molecule has 1 amide bonds. The number of carbonyl (C=O) groups excluding carboxylic acids is 1. The van der Waals surface area contributed by atoms with Crippen LogP contribution in [0.4, 0.5) is 11.5 Å². The minimum absolute atomic E-state index is 0.111. The first-order chi connectivity index (χ1) is 11.7. The molecule has 0 spiro atoms. The van der Waals surface area contributed by atoms with Crippen molar-refractivity contribution in [3.05, 3.63) is 53.2 Å². The van der Waals surface area contributed by atoms with Crippen molar-refractivity contribution in [3.63, 3.8) is 0 Å². The van der Waals surface area contributed by atoms with E-state index >= 15 is 0 Å². The number of anilines is 2. The molecular formula is C19H20ClN3O. The molecule has 1 aromatic heterocycles. The second-order valence-electron chi connectivity index (χ2n) is 6.46. The van der Waals surface area contributed by atoms with Gasteiger partial charge < -0.3 is 9.80 Å². The highest BCUT2D eigenvalue weighted by molar-refractivity contribution is 6.30. The number of amides is 1. The van der Waals surface area contributed by atoms with Crippen molar-refractivity contribution in [2.24, 2.45) is 5.92 Å². The number of piperidine rings is 1. The Hall–Kier alpha value is -2.07. The van der Waals surface area contributed by atoms with Crippen LogP contribution in [0.1, 0.15) is 18.4 Å². The Balaban J connectivity index is 1.41. The first kappa shape index (κ1) is 15.5. The zero-order valence-corrected chi connectivity index (χ0v) is 14.2. The van der Waals surface area contributed by atoms with Crippen molar-refractivity contribution in [1.29, 1.82) is 0 Å². The summed E-state index contributed by atoms with van der Waals surface area (Å²) >= 11 is 5.90. The molecule has 0 saturated carbocycles. The minimum atomic E-state index is 0.111. The van der Waals surface area contributed by atoms with Crippen LogP contribution >= 0.6 is 11.6 Å². The molecule has 24 heavy (non-hydrogen) atoms. The third-order valence-electron chi connectivity index (χ3n) is 5.03. The first-order valence-corrected chi connectivity index (χ1v) is 8.86. The van der Waals surface area contributed by atoms with E-state index in [0.717, 1.165) is 50.4 Å². The molecule has 124 valence electrons. The van der Waals surface area contributed by atoms with Crippen LogP contribution in [-0.2, 0) is 11.2 Å². The van der Waals surface area contributed by atoms with Gasteiger partial charge in [0.25, 0.3) is 0 Å². The van der Waals surface area contributed by atoms with Gasteiger partial charge in [-0.05, 0) is 43.0 Å². The SMILES string of the molecule is O=C(C1CCN(c2ccc(Cl)cn2)CC1)N1CCc2ccccc21. The van der Waals surface area contributed by atoms with Crippen molar-refractivity contribution in [2.75, 3.05) is 29.4 Å². The highest BCUT2D eigenvalue weighted by Crippen LogP contribution is 2.31. The average molecular weight is 342 g/mol. The molecule has 2 aliphatic rings. The lowest BCUT2D eigenvalue weighted by atomic mass is 9.95. The third kappa shape index (κ3) is 2.86. The van der Waals surface area contributed by atoms with E-state index in [1.54, 1.807) is 6.20 Å². The lowest BCUT2D eigenvalue weighted by molar-refractivity contribution is -0.122. The maximum atomic E-state index is 12.9. The lowest BCUT2D eigenvalue weighted by Crippen LogP contribution is -2.42. The van der Waals surface area contributed by atoms with Gasteiger partial charge in [-0.2, -0.15) is 0 Å². The minimum Gasteiger partial charge on any atom is -0.357 e. The molecular weight excluding hydrogens is 322 g/mol. The molecule has 1 aromatic carbocycles. The predicted molar refractivity (Wildman–Crippen MR) is 96.7 cm³/mol. The molecule has 0 N–H and O–H groups in total. The van der Waals surface area contributed by atoms with Crippen LogP contribution in [0.3, 0.4) is 0 Å². The van der Waals surface area contributed by atoms with Crippen molar-refractivity contribution in [3.8, 4) is 0 Å². The highest BCUT2D eigenvalue weighted by Gasteiger charge is 2.32. The fourth-order valence-corrected chi connectivity index (χ4v) is 3.81. The van der Waals surface area contributed by atoms with E-state index < -0.39 is 0 Å². The molecule has 2 aliphatic heterocycles. The Morgan fingerprint density at radius 1 is 1.08 bits per heavy atom. The molecule has 0 atom stereocenters. The van der Waals surface area contributed by atoms with Gasteiger partial charge in [0.2, 0.25) is 5.91 Å². The van der Waals surface area contributed by atoms with E-state index in [2.05, 4.69) is 22.0 Å². The van der Waals surface area contributed by atoms with Crippen molar-refractivity contribution >= 4 is 29.0 Å². The summed E-state index contributed by atoms with van der Waals surface area (Å²) in [6.45, 7) is 2.54. The molecule has 2 aromatic rings. The standard InChI is InChI=1S/C19H20ClN3O/c20-16-5-6-18(21-13-16)22-10-7-15(8-11-22)19(24)23-12-9-14-3-1-2-4-17(14)23/h1-6,13,15H,7-12H2. The van der Waals surface area contributed by atoms with Crippen LogP contribution in [0.15, 0.2) is 42.6 Å². The summed E-state index contributed by atoms with van der Waals surface area (Å²) in [5, 5.41) is 0.650. The maximum absolute atomic E-state index is 12.9. The number of carbonyl (C=O) groups is 1. The Morgan fingerprint density at radius 3 is 2.62 bits per heavy atom. The van der Waals surface area contributed by atoms with Crippen molar-refractivity contribution in [2.45, 2.75) is 19.3 Å². The number of para-hydroxylation sites is 1. The van der Waals surface area contributed by atoms with E-state index in [1.807, 2.05) is 29.2 Å². The normalized spacial score (nSPS) is 17.9. The van der Waals surface area contributed by atoms with Crippen molar-refractivity contribution in [1.82, 2.24) is 4.98 Å². The van der Waals surface area contributed by atoms with E-state index in [-0.39, 0.29) is 11.8 Å². The summed E-state index contributed by atoms with van der Waals surface area (Å²) in [5.74, 6) is 1.33. The summed E-state index contributed by atoms with van der Waals surface area (Å²) in [7, 11) is 0. The lowest BCUT2D eigenvalue weighted by Gasteiger charge is -2.34. The van der Waals surface area contributed by atoms with Gasteiger partial charge in [0, 0.05) is 37.4 Å². The fourth-order valence-electron chi connectivity index (χ4n) is 3.70. The molecule has 0 bridgehead atoms. The van der Waals surface area contributed by atoms with Gasteiger partial charge in [0.15, 0.2) is 0 Å². The predicted octanol–water partition coefficient (Wildman–Crippen LogP) is 3.54. The molecule has 3 heterocycles. The number of halogens is 1. The van der Waals surface area contributed by atoms with Crippen molar-refractivity contribution < 1.29 is 4.79 Å². The number of benzene rings is 1. The quantitative estimate of drug-likeness (QED) is 0.838. The second-order valence-corrected chi connectivity index (χ2v) is 6.90. The smallest absolute Gasteiger partial charge is 0.230 e. The van der Waals surface area contributed by atoms with Gasteiger partial charge in [-0.25, -0.2) is 4.98 Å². The molecule has 0 radical (unpaired) electrons. The number of hydrogen-bond donors (Lipinski definition) is 0. The summed E-state index contributed by atoms with van der Waals surface area (Å²) in [5.41, 5.74) is 2.39. The molecule has 1 saturated heterocycles. The summed E-state index contributed by atoms with van der Waals surface area (Å²) in [6, 6.07) is 12.1. The molecule has 0 aliphatic carbocycles. The number of hydrogen-bond acceptors (Lipinski definition) is 3. The van der Waals surface area contributed by atoms with Gasteiger partial charge in [-0.15, -0.1) is 0 Å². The maximum Gasteiger partial charge on any atom is 0.230 e. The van der Waals surface area contributed by atoms with E-state index in [9.17, 15) is 4.79 Å². The van der Waals surface area contributed by atoms with Gasteiger partial charge >= 0.3 is 0 Å². The number of aromatic nitrogens is 1. The van der Waals surface area contributed by atoms with Crippen LogP contribution < -0.4 is 9.80 Å². The fraction of sp³-hybridized carbons (Fsp3) is 0.368. The Bertz CT molecular complexity index is 739. The highest BCUT2D eigenvalue weighted by atomic mass is 35.5. The Morgan fingerprint density at radius 2 is 1.88 bits per heavy atom. The number of nitrogens with zero attached hydrogens (tertiary/aromatic N) is 3. The van der Waals surface area contributed by atoms with Gasteiger partial charge in [0.1, 0.15) is 5.82 Å². The van der Waals surface area contributed by atoms with Crippen LogP contribution in [0.5, 0.6) is 0 Å². The largest absolute Gasteiger partial charge is 0.357 e. The molecule has 1 fully saturated rings. The van der Waals surface area contributed by atoms with Gasteiger partial charge in [-0.3, -0.25) is 4.79 Å². The van der Waals surface area contributed by atoms with Gasteiger partial charge in [-0.1, -0.05) is 29.8 Å². The van der Waals surface area contributed by atoms with Crippen LogP contribution in [0.25, 0.3) is 0 Å². The van der Waals surface area contributed by atoms with E-state index in [4.69, 9.17) is 11.6 Å².